The molecule has 2 nitrogen and oxygen atoms in total. The van der Waals surface area contributed by atoms with Crippen molar-refractivity contribution < 1.29 is 13.2 Å². The molecule has 1 aromatic heterocycles. The Labute approximate surface area is 98.0 Å². The maximum Gasteiger partial charge on any atom is 0.159 e. The van der Waals surface area contributed by atoms with Gasteiger partial charge in [0.15, 0.2) is 11.6 Å². The lowest BCUT2D eigenvalue weighted by Gasteiger charge is -2.12. The van der Waals surface area contributed by atoms with E-state index < -0.39 is 17.7 Å². The van der Waals surface area contributed by atoms with Crippen LogP contribution < -0.4 is 5.73 Å². The van der Waals surface area contributed by atoms with Crippen LogP contribution in [0, 0.1) is 11.6 Å². The molecule has 17 heavy (non-hydrogen) atoms. The highest BCUT2D eigenvalue weighted by Crippen LogP contribution is 2.25. The topological polar surface area (TPSA) is 39.2 Å². The van der Waals surface area contributed by atoms with Gasteiger partial charge in [0.1, 0.15) is 5.76 Å². The standard InChI is InChI=1S/C13H13F2NO/c1-2-12-9(5-6-17-12)13(16)8-3-4-10(14)11(15)7-8/h3-7,13H,2,16H2,1H3. The molecule has 0 aliphatic heterocycles. The molecule has 0 saturated heterocycles. The van der Waals surface area contributed by atoms with Gasteiger partial charge in [0.25, 0.3) is 0 Å². The summed E-state index contributed by atoms with van der Waals surface area (Å²) in [6, 6.07) is 4.93. The Balaban J connectivity index is 2.36. The van der Waals surface area contributed by atoms with Gasteiger partial charge in [-0.25, -0.2) is 8.78 Å². The Morgan fingerprint density at radius 3 is 2.65 bits per heavy atom. The van der Waals surface area contributed by atoms with E-state index in [4.69, 9.17) is 10.2 Å². The first-order valence-electron chi connectivity index (χ1n) is 5.40. The van der Waals surface area contributed by atoms with Crippen LogP contribution in [0.25, 0.3) is 0 Å². The number of halogens is 2. The minimum atomic E-state index is -0.889. The predicted octanol–water partition coefficient (Wildman–Crippen LogP) is 3.17. The fourth-order valence-electron chi connectivity index (χ4n) is 1.80. The number of aryl methyl sites for hydroxylation is 1. The molecule has 1 heterocycles. The summed E-state index contributed by atoms with van der Waals surface area (Å²) in [5.74, 6) is -0.995. The maximum absolute atomic E-state index is 13.1. The monoisotopic (exact) mass is 237 g/mol. The first-order valence-corrected chi connectivity index (χ1v) is 5.40. The lowest BCUT2D eigenvalue weighted by Crippen LogP contribution is -2.13. The van der Waals surface area contributed by atoms with Crippen molar-refractivity contribution in [3.05, 3.63) is 59.1 Å². The van der Waals surface area contributed by atoms with Gasteiger partial charge in [-0.1, -0.05) is 13.0 Å². The van der Waals surface area contributed by atoms with Gasteiger partial charge in [0, 0.05) is 12.0 Å². The first-order chi connectivity index (χ1) is 8.13. The molecule has 1 aromatic carbocycles. The average molecular weight is 237 g/mol. The molecule has 1 atom stereocenters. The third-order valence-corrected chi connectivity index (χ3v) is 2.74. The van der Waals surface area contributed by atoms with Crippen LogP contribution in [0.4, 0.5) is 8.78 Å². The van der Waals surface area contributed by atoms with Gasteiger partial charge < -0.3 is 10.2 Å². The van der Waals surface area contributed by atoms with E-state index in [9.17, 15) is 8.78 Å². The van der Waals surface area contributed by atoms with Crippen LogP contribution in [-0.4, -0.2) is 0 Å². The number of nitrogens with two attached hydrogens (primary N) is 1. The molecule has 0 aliphatic rings. The van der Waals surface area contributed by atoms with Gasteiger partial charge in [0.2, 0.25) is 0 Å². The van der Waals surface area contributed by atoms with Gasteiger partial charge in [-0.3, -0.25) is 0 Å². The molecule has 0 amide bonds. The summed E-state index contributed by atoms with van der Waals surface area (Å²) in [6.07, 6.45) is 2.26. The molecule has 4 heteroatoms. The zero-order valence-electron chi connectivity index (χ0n) is 9.41. The summed E-state index contributed by atoms with van der Waals surface area (Å²) in [5, 5.41) is 0. The van der Waals surface area contributed by atoms with E-state index in [1.54, 1.807) is 12.3 Å². The summed E-state index contributed by atoms with van der Waals surface area (Å²) in [7, 11) is 0. The molecule has 0 radical (unpaired) electrons. The molecule has 2 rings (SSSR count). The molecule has 90 valence electrons. The summed E-state index contributed by atoms with van der Waals surface area (Å²) in [4.78, 5) is 0. The molecular weight excluding hydrogens is 224 g/mol. The second-order valence-electron chi connectivity index (χ2n) is 3.80. The minimum absolute atomic E-state index is 0.501. The third kappa shape index (κ3) is 2.22. The van der Waals surface area contributed by atoms with Gasteiger partial charge in [0.05, 0.1) is 12.3 Å². The molecule has 0 saturated carbocycles. The zero-order valence-corrected chi connectivity index (χ0v) is 9.41. The fourth-order valence-corrected chi connectivity index (χ4v) is 1.80. The van der Waals surface area contributed by atoms with Gasteiger partial charge in [-0.05, 0) is 23.8 Å². The maximum atomic E-state index is 13.1. The van der Waals surface area contributed by atoms with Crippen LogP contribution in [-0.2, 0) is 6.42 Å². The van der Waals surface area contributed by atoms with Gasteiger partial charge >= 0.3 is 0 Å². The SMILES string of the molecule is CCc1occc1C(N)c1ccc(F)c(F)c1. The second-order valence-corrected chi connectivity index (χ2v) is 3.80. The van der Waals surface area contributed by atoms with E-state index in [0.717, 1.165) is 23.5 Å². The normalized spacial score (nSPS) is 12.7. The van der Waals surface area contributed by atoms with E-state index in [1.807, 2.05) is 6.92 Å². The van der Waals surface area contributed by atoms with E-state index in [2.05, 4.69) is 0 Å². The smallest absolute Gasteiger partial charge is 0.159 e. The number of rotatable bonds is 3. The van der Waals surface area contributed by atoms with Crippen LogP contribution in [0.2, 0.25) is 0 Å². The van der Waals surface area contributed by atoms with E-state index in [-0.39, 0.29) is 0 Å². The minimum Gasteiger partial charge on any atom is -0.469 e. The largest absolute Gasteiger partial charge is 0.469 e. The van der Waals surface area contributed by atoms with Crippen molar-refractivity contribution in [2.45, 2.75) is 19.4 Å². The third-order valence-electron chi connectivity index (χ3n) is 2.74. The quantitative estimate of drug-likeness (QED) is 0.890. The Morgan fingerprint density at radius 2 is 2.00 bits per heavy atom. The Bertz CT molecular complexity index is 522. The highest BCUT2D eigenvalue weighted by Gasteiger charge is 2.16. The molecular formula is C13H13F2NO. The Morgan fingerprint density at radius 1 is 1.24 bits per heavy atom. The summed E-state index contributed by atoms with van der Waals surface area (Å²) >= 11 is 0. The van der Waals surface area contributed by atoms with Crippen molar-refractivity contribution in [1.29, 1.82) is 0 Å². The van der Waals surface area contributed by atoms with Crippen LogP contribution in [0.3, 0.4) is 0 Å². The molecule has 0 spiro atoms. The fraction of sp³-hybridized carbons (Fsp3) is 0.231. The predicted molar refractivity (Wildman–Crippen MR) is 60.5 cm³/mol. The van der Waals surface area contributed by atoms with E-state index in [0.29, 0.717) is 12.0 Å². The molecule has 1 unspecified atom stereocenters. The molecule has 0 bridgehead atoms. The van der Waals surface area contributed by atoms with Gasteiger partial charge in [-0.2, -0.15) is 0 Å². The van der Waals surface area contributed by atoms with Crippen molar-refractivity contribution in [3.8, 4) is 0 Å². The van der Waals surface area contributed by atoms with Crippen molar-refractivity contribution in [1.82, 2.24) is 0 Å². The van der Waals surface area contributed by atoms with Crippen molar-refractivity contribution in [2.24, 2.45) is 5.73 Å². The molecule has 2 N–H and O–H groups in total. The van der Waals surface area contributed by atoms with E-state index in [1.165, 1.54) is 6.07 Å². The lowest BCUT2D eigenvalue weighted by atomic mass is 9.99. The highest BCUT2D eigenvalue weighted by atomic mass is 19.2. The second kappa shape index (κ2) is 4.67. The zero-order chi connectivity index (χ0) is 12.4. The Hall–Kier alpha value is -1.68. The first kappa shape index (κ1) is 11.8. The summed E-state index contributed by atoms with van der Waals surface area (Å²) in [6.45, 7) is 1.94. The van der Waals surface area contributed by atoms with Crippen molar-refractivity contribution >= 4 is 0 Å². The summed E-state index contributed by atoms with van der Waals surface area (Å²) < 4.78 is 31.2. The van der Waals surface area contributed by atoms with Crippen LogP contribution >= 0.6 is 0 Å². The molecule has 0 aliphatic carbocycles. The van der Waals surface area contributed by atoms with Crippen LogP contribution in [0.15, 0.2) is 34.9 Å². The van der Waals surface area contributed by atoms with Crippen LogP contribution in [0.1, 0.15) is 29.9 Å². The lowest BCUT2D eigenvalue weighted by molar-refractivity contribution is 0.503. The summed E-state index contributed by atoms with van der Waals surface area (Å²) in [5.41, 5.74) is 7.34. The molecule has 0 fully saturated rings. The van der Waals surface area contributed by atoms with Crippen molar-refractivity contribution in [2.75, 3.05) is 0 Å². The highest BCUT2D eigenvalue weighted by molar-refractivity contribution is 5.33. The number of hydrogen-bond acceptors (Lipinski definition) is 2. The van der Waals surface area contributed by atoms with Gasteiger partial charge in [-0.15, -0.1) is 0 Å². The number of hydrogen-bond donors (Lipinski definition) is 1. The van der Waals surface area contributed by atoms with Crippen molar-refractivity contribution in [3.63, 3.8) is 0 Å². The Kier molecular flexibility index (Phi) is 3.24. The number of furan rings is 1. The van der Waals surface area contributed by atoms with Crippen LogP contribution in [0.5, 0.6) is 0 Å². The average Bonchev–Trinajstić information content (AvgIpc) is 2.80. The number of benzene rings is 1. The van der Waals surface area contributed by atoms with E-state index >= 15 is 0 Å². The molecule has 2 aromatic rings.